The summed E-state index contributed by atoms with van der Waals surface area (Å²) in [5, 5.41) is 20.4. The first-order valence-electron chi connectivity index (χ1n) is 14.7. The Morgan fingerprint density at radius 1 is 0.780 bits per heavy atom. The van der Waals surface area contributed by atoms with E-state index in [1.807, 2.05) is 48.5 Å². The molecule has 0 aromatic heterocycles. The van der Waals surface area contributed by atoms with Crippen molar-refractivity contribution in [2.45, 2.75) is 63.2 Å². The molecule has 0 radical (unpaired) electrons. The topological polar surface area (TPSA) is 56.5 Å². The number of piperidine rings is 1. The molecule has 4 nitrogen and oxygen atoms in total. The smallest absolute Gasteiger partial charge is 0.116 e. The zero-order chi connectivity index (χ0) is 28.7. The van der Waals surface area contributed by atoms with Crippen LogP contribution in [0, 0.1) is 11.3 Å². The number of benzene rings is 4. The Morgan fingerprint density at radius 2 is 1.37 bits per heavy atom. The van der Waals surface area contributed by atoms with Crippen LogP contribution >= 0.6 is 0 Å². The maximum absolute atomic E-state index is 10.6. The van der Waals surface area contributed by atoms with Crippen LogP contribution in [0.25, 0.3) is 11.1 Å². The van der Waals surface area contributed by atoms with E-state index in [2.05, 4.69) is 73.3 Å². The van der Waals surface area contributed by atoms with Gasteiger partial charge in [0.15, 0.2) is 0 Å². The van der Waals surface area contributed by atoms with Gasteiger partial charge >= 0.3 is 0 Å². The van der Waals surface area contributed by atoms with Gasteiger partial charge in [-0.2, -0.15) is 5.26 Å². The summed E-state index contributed by atoms with van der Waals surface area (Å²) in [4.78, 5) is 2.58. The number of phenols is 1. The van der Waals surface area contributed by atoms with Crippen molar-refractivity contribution in [1.82, 2.24) is 4.90 Å². The van der Waals surface area contributed by atoms with Crippen molar-refractivity contribution < 1.29 is 9.84 Å². The summed E-state index contributed by atoms with van der Waals surface area (Å²) in [5.74, 6) is 0.275. The predicted octanol–water partition coefficient (Wildman–Crippen LogP) is 8.11. The Labute approximate surface area is 244 Å². The molecule has 1 aliphatic rings. The summed E-state index contributed by atoms with van der Waals surface area (Å²) in [6.07, 6.45) is 3.90. The highest BCUT2D eigenvalue weighted by molar-refractivity contribution is 5.65. The third kappa shape index (κ3) is 6.70. The molecule has 5 rings (SSSR count). The number of phenolic OH excluding ortho intramolecular Hbond substituents is 1. The van der Waals surface area contributed by atoms with Crippen molar-refractivity contribution in [2.75, 3.05) is 13.1 Å². The normalized spacial score (nSPS) is 15.0. The van der Waals surface area contributed by atoms with E-state index in [1.54, 1.807) is 12.1 Å². The summed E-state index contributed by atoms with van der Waals surface area (Å²) in [6, 6.07) is 39.0. The largest absolute Gasteiger partial charge is 0.508 e. The van der Waals surface area contributed by atoms with E-state index in [1.165, 1.54) is 0 Å². The summed E-state index contributed by atoms with van der Waals surface area (Å²) >= 11 is 0. The van der Waals surface area contributed by atoms with E-state index in [4.69, 9.17) is 4.74 Å². The van der Waals surface area contributed by atoms with Gasteiger partial charge in [-0.25, -0.2) is 0 Å². The first-order chi connectivity index (χ1) is 19.9. The molecule has 1 N–H and O–H groups in total. The highest BCUT2D eigenvalue weighted by atomic mass is 16.5. The van der Waals surface area contributed by atoms with E-state index in [-0.39, 0.29) is 17.4 Å². The Hall–Kier alpha value is -3.91. The number of hydrogen-bond donors (Lipinski definition) is 1. The SMILES string of the molecule is CC(C)(CCC(C#N)(c1ccccc1)c1ccccc1)N1CCC(OCc2cccc(-c3cccc(O)c3)c2)CC1. The Kier molecular flexibility index (Phi) is 8.88. The molecule has 0 spiro atoms. The maximum Gasteiger partial charge on any atom is 0.116 e. The number of hydrogen-bond acceptors (Lipinski definition) is 4. The maximum atomic E-state index is 10.6. The fourth-order valence-electron chi connectivity index (χ4n) is 6.11. The van der Waals surface area contributed by atoms with Crippen LogP contribution in [0.3, 0.4) is 0 Å². The molecule has 0 amide bonds. The number of nitriles is 1. The van der Waals surface area contributed by atoms with Crippen LogP contribution in [0.15, 0.2) is 109 Å². The van der Waals surface area contributed by atoms with E-state index < -0.39 is 5.41 Å². The Balaban J connectivity index is 1.19. The quantitative estimate of drug-likeness (QED) is 0.219. The number of aromatic hydroxyl groups is 1. The van der Waals surface area contributed by atoms with Crippen molar-refractivity contribution in [3.8, 4) is 22.9 Å². The molecule has 0 unspecified atom stereocenters. The van der Waals surface area contributed by atoms with Crippen LogP contribution in [-0.2, 0) is 16.8 Å². The fraction of sp³-hybridized carbons (Fsp3) is 0.324. The van der Waals surface area contributed by atoms with Crippen LogP contribution in [0.5, 0.6) is 5.75 Å². The molecular weight excluding hydrogens is 504 g/mol. The van der Waals surface area contributed by atoms with E-state index >= 15 is 0 Å². The van der Waals surface area contributed by atoms with E-state index in [9.17, 15) is 10.4 Å². The lowest BCUT2D eigenvalue weighted by Gasteiger charge is -2.44. The molecule has 0 atom stereocenters. The number of nitrogens with zero attached hydrogens (tertiary/aromatic N) is 2. The standard InChI is InChI=1S/C37H40N2O2/c1-36(2,21-22-37(28-38,32-14-5-3-6-15-32)33-16-7-4-8-17-33)39-23-19-35(20-24-39)41-27-29-11-9-12-30(25-29)31-13-10-18-34(40)26-31/h3-18,25-26,35,40H,19-24,27H2,1-2H3. The predicted molar refractivity (Wildman–Crippen MR) is 166 cm³/mol. The molecule has 4 aromatic carbocycles. The molecule has 0 saturated carbocycles. The van der Waals surface area contributed by atoms with Gasteiger partial charge < -0.3 is 9.84 Å². The molecule has 1 saturated heterocycles. The van der Waals surface area contributed by atoms with Gasteiger partial charge in [0.2, 0.25) is 0 Å². The summed E-state index contributed by atoms with van der Waals surface area (Å²) < 4.78 is 6.37. The molecule has 41 heavy (non-hydrogen) atoms. The number of likely N-dealkylation sites (tertiary alicyclic amines) is 1. The van der Waals surface area contributed by atoms with Crippen LogP contribution < -0.4 is 0 Å². The molecule has 1 heterocycles. The molecule has 0 aliphatic carbocycles. The Morgan fingerprint density at radius 3 is 1.95 bits per heavy atom. The first kappa shape index (κ1) is 28.6. The minimum Gasteiger partial charge on any atom is -0.508 e. The summed E-state index contributed by atoms with van der Waals surface area (Å²) in [7, 11) is 0. The average Bonchev–Trinajstić information content (AvgIpc) is 3.02. The highest BCUT2D eigenvalue weighted by Gasteiger charge is 2.38. The van der Waals surface area contributed by atoms with Gasteiger partial charge in [-0.3, -0.25) is 4.90 Å². The van der Waals surface area contributed by atoms with Crippen LogP contribution in [0.2, 0.25) is 0 Å². The van der Waals surface area contributed by atoms with Crippen molar-refractivity contribution in [2.24, 2.45) is 0 Å². The molecular formula is C37H40N2O2. The van der Waals surface area contributed by atoms with Crippen LogP contribution in [0.4, 0.5) is 0 Å². The van der Waals surface area contributed by atoms with Crippen molar-refractivity contribution in [3.05, 3.63) is 126 Å². The highest BCUT2D eigenvalue weighted by Crippen LogP contribution is 2.39. The van der Waals surface area contributed by atoms with Gasteiger partial charge in [-0.15, -0.1) is 0 Å². The second kappa shape index (κ2) is 12.7. The molecule has 4 heteroatoms. The van der Waals surface area contributed by atoms with Gasteiger partial charge in [0, 0.05) is 18.6 Å². The molecule has 210 valence electrons. The van der Waals surface area contributed by atoms with Gasteiger partial charge in [0.05, 0.1) is 18.8 Å². The second-order valence-corrected chi connectivity index (χ2v) is 11.8. The Bertz CT molecular complexity index is 1410. The lowest BCUT2D eigenvalue weighted by atomic mass is 9.70. The van der Waals surface area contributed by atoms with Crippen LogP contribution in [-0.4, -0.2) is 34.7 Å². The van der Waals surface area contributed by atoms with E-state index in [0.29, 0.717) is 6.61 Å². The zero-order valence-corrected chi connectivity index (χ0v) is 24.2. The monoisotopic (exact) mass is 544 g/mol. The third-order valence-electron chi connectivity index (χ3n) is 8.73. The van der Waals surface area contributed by atoms with Crippen molar-refractivity contribution >= 4 is 0 Å². The lowest BCUT2D eigenvalue weighted by molar-refractivity contribution is -0.0263. The summed E-state index contributed by atoms with van der Waals surface area (Å²) in [5.41, 5.74) is 4.64. The summed E-state index contributed by atoms with van der Waals surface area (Å²) in [6.45, 7) is 7.19. The zero-order valence-electron chi connectivity index (χ0n) is 24.2. The molecule has 0 bridgehead atoms. The minimum absolute atomic E-state index is 0.0355. The average molecular weight is 545 g/mol. The third-order valence-corrected chi connectivity index (χ3v) is 8.73. The molecule has 1 fully saturated rings. The second-order valence-electron chi connectivity index (χ2n) is 11.8. The lowest BCUT2D eigenvalue weighted by Crippen LogP contribution is -2.50. The molecule has 1 aliphatic heterocycles. The van der Waals surface area contributed by atoms with Crippen molar-refractivity contribution in [3.63, 3.8) is 0 Å². The molecule has 4 aromatic rings. The van der Waals surface area contributed by atoms with Crippen LogP contribution in [0.1, 0.15) is 56.2 Å². The van der Waals surface area contributed by atoms with Crippen molar-refractivity contribution in [1.29, 1.82) is 5.26 Å². The fourth-order valence-corrected chi connectivity index (χ4v) is 6.11. The minimum atomic E-state index is -0.672. The van der Waals surface area contributed by atoms with E-state index in [0.717, 1.165) is 66.6 Å². The number of rotatable bonds is 10. The first-order valence-corrected chi connectivity index (χ1v) is 14.7. The van der Waals surface area contributed by atoms with Gasteiger partial charge in [-0.05, 0) is 85.5 Å². The van der Waals surface area contributed by atoms with Gasteiger partial charge in [-0.1, -0.05) is 91.0 Å². The number of ether oxygens (including phenoxy) is 1. The van der Waals surface area contributed by atoms with Gasteiger partial charge in [0.1, 0.15) is 11.2 Å². The van der Waals surface area contributed by atoms with Gasteiger partial charge in [0.25, 0.3) is 0 Å².